The van der Waals surface area contributed by atoms with Crippen LogP contribution < -0.4 is 0 Å². The average molecular weight is 783 g/mol. The second-order valence-corrected chi connectivity index (χ2v) is 16.2. The van der Waals surface area contributed by atoms with Gasteiger partial charge in [-0.3, -0.25) is 4.57 Å². The van der Waals surface area contributed by atoms with Crippen molar-refractivity contribution in [1.82, 2.24) is 19.5 Å². The lowest BCUT2D eigenvalue weighted by molar-refractivity contribution is 0.953. The first kappa shape index (κ1) is 34.3. The molecule has 12 rings (SSSR count). The zero-order valence-electron chi connectivity index (χ0n) is 32.3. The largest absolute Gasteiger partial charge is 0.278 e. The predicted molar refractivity (Wildman–Crippen MR) is 252 cm³/mol. The first-order valence-corrected chi connectivity index (χ1v) is 21.0. The number of hydrogen-bond donors (Lipinski definition) is 0. The van der Waals surface area contributed by atoms with Gasteiger partial charge in [-0.05, 0) is 74.5 Å². The fourth-order valence-corrected chi connectivity index (χ4v) is 10.1. The van der Waals surface area contributed by atoms with Gasteiger partial charge in [0.1, 0.15) is 0 Å². The Morgan fingerprint density at radius 3 is 1.73 bits per heavy atom. The van der Waals surface area contributed by atoms with Crippen molar-refractivity contribution in [3.63, 3.8) is 0 Å². The summed E-state index contributed by atoms with van der Waals surface area (Å²) in [5.74, 6) is 1.81. The Bertz CT molecular complexity index is 3600. The lowest BCUT2D eigenvalue weighted by Crippen LogP contribution is -2.06. The van der Waals surface area contributed by atoms with Crippen LogP contribution in [-0.4, -0.2) is 19.5 Å². The third-order valence-electron chi connectivity index (χ3n) is 11.7. The molecule has 5 heteroatoms. The minimum Gasteiger partial charge on any atom is -0.278 e. The molecule has 0 radical (unpaired) electrons. The SMILES string of the molecule is c1ccc(-c2nc(-c3cccc(-c4cccc5cccc(-c6ccccc6)c45)c3)nc(-n3c4ccccc4c4cc(-c5cccc6c5sc5ccccc56)ccc43)n2)cc1. The minimum atomic E-state index is 0.575. The second kappa shape index (κ2) is 14.0. The van der Waals surface area contributed by atoms with Gasteiger partial charge in [0.25, 0.3) is 0 Å². The Labute approximate surface area is 350 Å². The highest BCUT2D eigenvalue weighted by Crippen LogP contribution is 2.42. The van der Waals surface area contributed by atoms with Gasteiger partial charge in [-0.1, -0.05) is 176 Å². The van der Waals surface area contributed by atoms with Gasteiger partial charge < -0.3 is 0 Å². The topological polar surface area (TPSA) is 43.6 Å². The molecule has 0 saturated heterocycles. The third kappa shape index (κ3) is 5.63. The number of nitrogens with zero attached hydrogens (tertiary/aromatic N) is 4. The molecule has 60 heavy (non-hydrogen) atoms. The molecule has 0 spiro atoms. The molecule has 0 aliphatic heterocycles. The lowest BCUT2D eigenvalue weighted by atomic mass is 9.91. The van der Waals surface area contributed by atoms with E-state index >= 15 is 0 Å². The summed E-state index contributed by atoms with van der Waals surface area (Å²) in [4.78, 5) is 15.7. The zero-order valence-corrected chi connectivity index (χ0v) is 33.1. The summed E-state index contributed by atoms with van der Waals surface area (Å²) in [5, 5.41) is 7.31. The van der Waals surface area contributed by atoms with Crippen LogP contribution in [0.15, 0.2) is 206 Å². The molecule has 0 N–H and O–H groups in total. The standard InChI is InChI=1S/C55H34N4S/c1-3-15-35(16-4-1)41-25-12-19-36-20-13-26-42(51(36)41)38-21-11-22-40(33-38)54-56-53(37-17-5-2-6-18-37)57-55(58-54)59-48-29-9-7-23-44(48)47-34-39(31-32-49(47)59)43-27-14-28-46-45-24-8-10-30-50(45)60-52(43)46/h1-34H. The molecule has 0 amide bonds. The van der Waals surface area contributed by atoms with Crippen LogP contribution in [0.25, 0.3) is 115 Å². The monoisotopic (exact) mass is 782 g/mol. The van der Waals surface area contributed by atoms with Gasteiger partial charge in [0.15, 0.2) is 11.6 Å². The van der Waals surface area contributed by atoms with Crippen molar-refractivity contribution in [1.29, 1.82) is 0 Å². The molecule has 0 saturated carbocycles. The van der Waals surface area contributed by atoms with Gasteiger partial charge in [0, 0.05) is 42.1 Å². The number of thiophene rings is 1. The molecule has 0 fully saturated rings. The van der Waals surface area contributed by atoms with Gasteiger partial charge in [-0.2, -0.15) is 9.97 Å². The van der Waals surface area contributed by atoms with Gasteiger partial charge in [0.2, 0.25) is 5.95 Å². The van der Waals surface area contributed by atoms with Crippen LogP contribution in [0, 0.1) is 0 Å². The Morgan fingerprint density at radius 1 is 0.350 bits per heavy atom. The maximum absolute atomic E-state index is 5.32. The Kier molecular flexibility index (Phi) is 8.00. The first-order valence-electron chi connectivity index (χ1n) is 20.2. The molecule has 0 bridgehead atoms. The van der Waals surface area contributed by atoms with E-state index in [4.69, 9.17) is 15.0 Å². The number of rotatable bonds is 6. The predicted octanol–water partition coefficient (Wildman–Crippen LogP) is 14.8. The average Bonchev–Trinajstić information content (AvgIpc) is 3.87. The highest BCUT2D eigenvalue weighted by Gasteiger charge is 2.20. The molecule has 280 valence electrons. The van der Waals surface area contributed by atoms with Crippen molar-refractivity contribution in [3.8, 4) is 62.1 Å². The van der Waals surface area contributed by atoms with E-state index in [1.165, 1.54) is 53.2 Å². The van der Waals surface area contributed by atoms with Crippen LogP contribution in [0.3, 0.4) is 0 Å². The van der Waals surface area contributed by atoms with Crippen molar-refractivity contribution >= 4 is 64.1 Å². The van der Waals surface area contributed by atoms with Gasteiger partial charge in [-0.15, -0.1) is 11.3 Å². The van der Waals surface area contributed by atoms with Crippen molar-refractivity contribution in [2.45, 2.75) is 0 Å². The molecule has 0 aliphatic carbocycles. The Morgan fingerprint density at radius 2 is 0.917 bits per heavy atom. The highest BCUT2D eigenvalue weighted by molar-refractivity contribution is 7.26. The van der Waals surface area contributed by atoms with Crippen molar-refractivity contribution < 1.29 is 0 Å². The number of fused-ring (bicyclic) bond motifs is 7. The zero-order chi connectivity index (χ0) is 39.6. The summed E-state index contributed by atoms with van der Waals surface area (Å²) in [6.07, 6.45) is 0. The van der Waals surface area contributed by atoms with E-state index in [1.807, 2.05) is 29.5 Å². The van der Waals surface area contributed by atoms with Gasteiger partial charge >= 0.3 is 0 Å². The van der Waals surface area contributed by atoms with Gasteiger partial charge in [-0.25, -0.2) is 4.98 Å². The number of aromatic nitrogens is 4. The summed E-state index contributed by atoms with van der Waals surface area (Å²) >= 11 is 1.86. The lowest BCUT2D eigenvalue weighted by Gasteiger charge is -2.14. The van der Waals surface area contributed by atoms with E-state index in [-0.39, 0.29) is 0 Å². The quantitative estimate of drug-likeness (QED) is 0.169. The summed E-state index contributed by atoms with van der Waals surface area (Å²) in [6, 6.07) is 73.3. The fraction of sp³-hybridized carbons (Fsp3) is 0. The van der Waals surface area contributed by atoms with E-state index < -0.39 is 0 Å². The number of hydrogen-bond acceptors (Lipinski definition) is 4. The molecule has 3 aromatic heterocycles. The highest BCUT2D eigenvalue weighted by atomic mass is 32.1. The summed E-state index contributed by atoms with van der Waals surface area (Å²) in [7, 11) is 0. The number of benzene rings is 9. The van der Waals surface area contributed by atoms with Crippen LogP contribution in [0.2, 0.25) is 0 Å². The smallest absolute Gasteiger partial charge is 0.238 e. The Balaban J connectivity index is 1.05. The molecule has 12 aromatic rings. The molecule has 3 heterocycles. The van der Waals surface area contributed by atoms with E-state index in [0.717, 1.165) is 44.1 Å². The van der Waals surface area contributed by atoms with Crippen molar-refractivity contribution in [2.75, 3.05) is 0 Å². The molecular formula is C55H34N4S. The minimum absolute atomic E-state index is 0.575. The van der Waals surface area contributed by atoms with E-state index in [1.54, 1.807) is 0 Å². The van der Waals surface area contributed by atoms with Crippen LogP contribution in [0.1, 0.15) is 0 Å². The maximum Gasteiger partial charge on any atom is 0.238 e. The molecule has 9 aromatic carbocycles. The van der Waals surface area contributed by atoms with Crippen LogP contribution in [0.5, 0.6) is 0 Å². The molecule has 0 unspecified atom stereocenters. The summed E-state index contributed by atoms with van der Waals surface area (Å²) in [6.45, 7) is 0. The molecular weight excluding hydrogens is 749 g/mol. The molecule has 0 atom stereocenters. The first-order chi connectivity index (χ1) is 29.7. The molecule has 0 aliphatic rings. The molecule has 4 nitrogen and oxygen atoms in total. The van der Waals surface area contributed by atoms with E-state index in [9.17, 15) is 0 Å². The van der Waals surface area contributed by atoms with Crippen LogP contribution in [0.4, 0.5) is 0 Å². The van der Waals surface area contributed by atoms with Crippen LogP contribution >= 0.6 is 11.3 Å². The summed E-state index contributed by atoms with van der Waals surface area (Å²) in [5.41, 5.74) is 11.0. The van der Waals surface area contributed by atoms with Gasteiger partial charge in [0.05, 0.1) is 11.0 Å². The second-order valence-electron chi connectivity index (χ2n) is 15.2. The normalized spacial score (nSPS) is 11.7. The van der Waals surface area contributed by atoms with Crippen LogP contribution in [-0.2, 0) is 0 Å². The van der Waals surface area contributed by atoms with Crippen molar-refractivity contribution in [3.05, 3.63) is 206 Å². The maximum atomic E-state index is 5.32. The van der Waals surface area contributed by atoms with E-state index in [0.29, 0.717) is 17.6 Å². The Hall–Kier alpha value is -7.73. The van der Waals surface area contributed by atoms with Crippen molar-refractivity contribution in [2.24, 2.45) is 0 Å². The fourth-order valence-electron chi connectivity index (χ4n) is 8.91. The summed E-state index contributed by atoms with van der Waals surface area (Å²) < 4.78 is 4.81. The van der Waals surface area contributed by atoms with E-state index in [2.05, 4.69) is 193 Å². The third-order valence-corrected chi connectivity index (χ3v) is 12.9. The number of para-hydroxylation sites is 1.